The number of ether oxygens (including phenoxy) is 1. The number of benzene rings is 2. The van der Waals surface area contributed by atoms with E-state index in [4.69, 9.17) is 28.2 Å². The van der Waals surface area contributed by atoms with E-state index in [1.165, 1.54) is 24.3 Å². The van der Waals surface area contributed by atoms with Gasteiger partial charge in [0.1, 0.15) is 28.9 Å². The fraction of sp³-hybridized carbons (Fsp3) is 0.154. The molecule has 0 fully saturated rings. The number of rotatable bonds is 5. The molecule has 5 aromatic rings. The standard InChI is InChI=1S/C26H20Cl2N8O3/c1-39-26(37)30-18-6-2-14(3-7-18)22-24(28)32-25(31-22)19-8-4-15-10-16(12-36(38)23(15)19)20-11-17(27)5-9-21(20)35-13-29-33-34-35/h2-3,5-7,9-13,19H,4,8H2,1H3,(H,30,37)(H,31,32). The molecule has 39 heavy (non-hydrogen) atoms. The number of tetrazole rings is 1. The number of pyridine rings is 1. The number of carbonyl (C=O) groups is 1. The van der Waals surface area contributed by atoms with Gasteiger partial charge in [0.2, 0.25) is 5.69 Å². The van der Waals surface area contributed by atoms with E-state index in [2.05, 4.69) is 30.6 Å². The Bertz CT molecular complexity index is 1690. The molecule has 0 aliphatic heterocycles. The first-order valence-corrected chi connectivity index (χ1v) is 12.7. The lowest BCUT2D eigenvalue weighted by Crippen LogP contribution is -2.33. The topological polar surface area (TPSA) is 138 Å². The summed E-state index contributed by atoms with van der Waals surface area (Å²) < 4.78 is 7.04. The minimum Gasteiger partial charge on any atom is -0.618 e. The van der Waals surface area contributed by atoms with Gasteiger partial charge < -0.3 is 14.9 Å². The zero-order chi connectivity index (χ0) is 27.1. The summed E-state index contributed by atoms with van der Waals surface area (Å²) in [4.78, 5) is 19.4. The fourth-order valence-electron chi connectivity index (χ4n) is 4.88. The van der Waals surface area contributed by atoms with E-state index < -0.39 is 6.09 Å². The normalized spacial score (nSPS) is 14.3. The average molecular weight is 563 g/mol. The van der Waals surface area contributed by atoms with Gasteiger partial charge in [-0.3, -0.25) is 5.32 Å². The van der Waals surface area contributed by atoms with E-state index in [0.29, 0.717) is 57.2 Å². The molecule has 3 heterocycles. The minimum atomic E-state index is -0.557. The Labute approximate surface area is 232 Å². The third kappa shape index (κ3) is 4.66. The van der Waals surface area contributed by atoms with Crippen LogP contribution in [0.3, 0.4) is 0 Å². The predicted molar refractivity (Wildman–Crippen MR) is 144 cm³/mol. The van der Waals surface area contributed by atoms with Crippen LogP contribution in [0.25, 0.3) is 28.1 Å². The van der Waals surface area contributed by atoms with Gasteiger partial charge in [0.15, 0.2) is 6.20 Å². The zero-order valence-corrected chi connectivity index (χ0v) is 21.9. The highest BCUT2D eigenvalue weighted by atomic mass is 35.5. The maximum Gasteiger partial charge on any atom is 0.411 e. The Hall–Kier alpha value is -4.48. The second kappa shape index (κ2) is 10.0. The number of anilines is 1. The monoisotopic (exact) mass is 562 g/mol. The molecule has 0 spiro atoms. The molecule has 0 saturated heterocycles. The first-order chi connectivity index (χ1) is 18.9. The summed E-state index contributed by atoms with van der Waals surface area (Å²) >= 11 is 12.8. The lowest BCUT2D eigenvalue weighted by Gasteiger charge is -2.13. The van der Waals surface area contributed by atoms with Crippen molar-refractivity contribution in [3.8, 4) is 28.1 Å². The van der Waals surface area contributed by atoms with E-state index in [1.54, 1.807) is 36.4 Å². The van der Waals surface area contributed by atoms with Gasteiger partial charge in [-0.15, -0.1) is 5.10 Å². The fourth-order valence-corrected chi connectivity index (χ4v) is 5.30. The summed E-state index contributed by atoms with van der Waals surface area (Å²) in [5.74, 6) is 0.358. The number of nitrogens with one attached hydrogen (secondary N) is 2. The number of halogens is 2. The van der Waals surface area contributed by atoms with Crippen LogP contribution < -0.4 is 10.0 Å². The van der Waals surface area contributed by atoms with Gasteiger partial charge in [-0.2, -0.15) is 9.41 Å². The molecule has 0 radical (unpaired) electrons. The number of methoxy groups -OCH3 is 1. The van der Waals surface area contributed by atoms with Crippen LogP contribution in [0.2, 0.25) is 10.2 Å². The van der Waals surface area contributed by atoms with Crippen molar-refractivity contribution in [1.82, 2.24) is 30.2 Å². The van der Waals surface area contributed by atoms with Crippen LogP contribution in [0.1, 0.15) is 29.4 Å². The first kappa shape index (κ1) is 24.8. The molecule has 1 unspecified atom stereocenters. The van der Waals surface area contributed by atoms with E-state index in [0.717, 1.165) is 21.4 Å². The summed E-state index contributed by atoms with van der Waals surface area (Å²) in [5, 5.41) is 28.3. The van der Waals surface area contributed by atoms with Crippen molar-refractivity contribution < 1.29 is 14.3 Å². The highest BCUT2D eigenvalue weighted by Gasteiger charge is 2.35. The summed E-state index contributed by atoms with van der Waals surface area (Å²) in [7, 11) is 1.30. The summed E-state index contributed by atoms with van der Waals surface area (Å²) in [6.45, 7) is 0. The van der Waals surface area contributed by atoms with E-state index in [-0.39, 0.29) is 5.92 Å². The molecule has 0 saturated carbocycles. The number of H-pyrrole nitrogens is 1. The second-order valence-electron chi connectivity index (χ2n) is 8.95. The van der Waals surface area contributed by atoms with Gasteiger partial charge in [0, 0.05) is 33.0 Å². The van der Waals surface area contributed by atoms with Crippen LogP contribution in [0.5, 0.6) is 0 Å². The lowest BCUT2D eigenvalue weighted by molar-refractivity contribution is -0.614. The summed E-state index contributed by atoms with van der Waals surface area (Å²) in [6.07, 6.45) is 3.86. The maximum atomic E-state index is 13.4. The Morgan fingerprint density at radius 2 is 2.00 bits per heavy atom. The summed E-state index contributed by atoms with van der Waals surface area (Å²) in [6, 6.07) is 14.4. The Morgan fingerprint density at radius 3 is 2.74 bits per heavy atom. The van der Waals surface area contributed by atoms with Crippen molar-refractivity contribution in [3.63, 3.8) is 0 Å². The van der Waals surface area contributed by atoms with Gasteiger partial charge in [0.25, 0.3) is 0 Å². The number of aromatic amines is 1. The summed E-state index contributed by atoms with van der Waals surface area (Å²) in [5.41, 5.74) is 5.58. The number of amides is 1. The quantitative estimate of drug-likeness (QED) is 0.229. The largest absolute Gasteiger partial charge is 0.618 e. The number of imidazole rings is 1. The van der Waals surface area contributed by atoms with Crippen molar-refractivity contribution in [1.29, 1.82) is 0 Å². The molecule has 11 nitrogen and oxygen atoms in total. The SMILES string of the molecule is COC(=O)Nc1ccc(-c2nc(C3CCc4cc(-c5cc(Cl)ccc5-n5cnnn5)c[n+]([O-])c43)[nH]c2Cl)cc1. The lowest BCUT2D eigenvalue weighted by atomic mass is 10.0. The average Bonchev–Trinajstić information content (AvgIpc) is 3.69. The molecule has 1 atom stereocenters. The van der Waals surface area contributed by atoms with Crippen LogP contribution in [0.4, 0.5) is 10.5 Å². The van der Waals surface area contributed by atoms with Crippen LogP contribution in [-0.4, -0.2) is 43.4 Å². The van der Waals surface area contributed by atoms with Crippen molar-refractivity contribution in [2.45, 2.75) is 18.8 Å². The van der Waals surface area contributed by atoms with E-state index in [9.17, 15) is 10.0 Å². The number of fused-ring (bicyclic) bond motifs is 1. The van der Waals surface area contributed by atoms with Crippen LogP contribution in [0, 0.1) is 5.21 Å². The van der Waals surface area contributed by atoms with E-state index in [1.807, 2.05) is 12.1 Å². The molecule has 196 valence electrons. The molecule has 6 rings (SSSR count). The molecule has 13 heteroatoms. The smallest absolute Gasteiger partial charge is 0.411 e. The van der Waals surface area contributed by atoms with Crippen molar-refractivity contribution in [2.75, 3.05) is 12.4 Å². The van der Waals surface area contributed by atoms with Crippen LogP contribution >= 0.6 is 23.2 Å². The van der Waals surface area contributed by atoms with Gasteiger partial charge in [-0.25, -0.2) is 9.78 Å². The van der Waals surface area contributed by atoms with E-state index >= 15 is 0 Å². The molecule has 2 N–H and O–H groups in total. The highest BCUT2D eigenvalue weighted by molar-refractivity contribution is 6.32. The maximum absolute atomic E-state index is 13.4. The number of aromatic nitrogens is 7. The van der Waals surface area contributed by atoms with Crippen LogP contribution in [-0.2, 0) is 11.2 Å². The second-order valence-corrected chi connectivity index (χ2v) is 9.77. The number of carbonyl (C=O) groups excluding carboxylic acids is 1. The number of hydrogen-bond acceptors (Lipinski definition) is 7. The molecule has 3 aromatic heterocycles. The van der Waals surface area contributed by atoms with Gasteiger partial charge in [-0.05, 0) is 59.7 Å². The molecular formula is C26H20Cl2N8O3. The Kier molecular flexibility index (Phi) is 6.37. The minimum absolute atomic E-state index is 0.253. The van der Waals surface area contributed by atoms with Crippen molar-refractivity contribution in [2.24, 2.45) is 0 Å². The third-order valence-electron chi connectivity index (χ3n) is 6.65. The third-order valence-corrected chi connectivity index (χ3v) is 7.16. The number of nitrogens with zero attached hydrogens (tertiary/aromatic N) is 6. The Balaban J connectivity index is 1.32. The van der Waals surface area contributed by atoms with Crippen molar-refractivity contribution >= 4 is 35.0 Å². The molecule has 0 bridgehead atoms. The predicted octanol–water partition coefficient (Wildman–Crippen LogP) is 4.92. The molecule has 1 amide bonds. The molecule has 1 aliphatic rings. The Morgan fingerprint density at radius 1 is 1.18 bits per heavy atom. The first-order valence-electron chi connectivity index (χ1n) is 11.9. The molecule has 1 aliphatic carbocycles. The number of aryl methyl sites for hydroxylation is 1. The molecule has 2 aromatic carbocycles. The van der Waals surface area contributed by atoms with Crippen molar-refractivity contribution in [3.05, 3.63) is 93.5 Å². The number of hydrogen-bond donors (Lipinski definition) is 2. The van der Waals surface area contributed by atoms with Gasteiger partial charge in [0.05, 0.1) is 12.8 Å². The van der Waals surface area contributed by atoms with Gasteiger partial charge in [-0.1, -0.05) is 35.3 Å². The van der Waals surface area contributed by atoms with Gasteiger partial charge >= 0.3 is 6.09 Å². The molecular weight excluding hydrogens is 543 g/mol. The highest BCUT2D eigenvalue weighted by Crippen LogP contribution is 2.39. The van der Waals surface area contributed by atoms with Crippen LogP contribution in [0.15, 0.2) is 61.1 Å². The zero-order valence-electron chi connectivity index (χ0n) is 20.4.